The topological polar surface area (TPSA) is 59.9 Å². The van der Waals surface area contributed by atoms with E-state index >= 15 is 0 Å². The number of hydrogen-bond acceptors (Lipinski definition) is 6. The highest BCUT2D eigenvalue weighted by Crippen LogP contribution is 2.39. The number of aromatic nitrogens is 3. The van der Waals surface area contributed by atoms with E-state index in [2.05, 4.69) is 20.3 Å². The Morgan fingerprint density at radius 3 is 2.81 bits per heavy atom. The van der Waals surface area contributed by atoms with Crippen molar-refractivity contribution in [1.29, 1.82) is 0 Å². The zero-order valence-corrected chi connectivity index (χ0v) is 16.5. The second kappa shape index (κ2) is 6.90. The molecule has 0 spiro atoms. The van der Waals surface area contributed by atoms with Gasteiger partial charge in [0.2, 0.25) is 0 Å². The van der Waals surface area contributed by atoms with Crippen LogP contribution in [0.3, 0.4) is 0 Å². The van der Waals surface area contributed by atoms with Gasteiger partial charge in [-0.25, -0.2) is 19.3 Å². The van der Waals surface area contributed by atoms with Crippen LogP contribution in [-0.4, -0.2) is 22.1 Å². The lowest BCUT2D eigenvalue weighted by molar-refractivity contribution is 0.386. The molecule has 0 fully saturated rings. The van der Waals surface area contributed by atoms with Crippen molar-refractivity contribution in [2.75, 3.05) is 12.4 Å². The third-order valence-corrected chi connectivity index (χ3v) is 6.06. The van der Waals surface area contributed by atoms with E-state index in [0.717, 1.165) is 37.3 Å². The summed E-state index contributed by atoms with van der Waals surface area (Å²) in [5.74, 6) is 0.519. The second-order valence-corrected chi connectivity index (χ2v) is 7.52. The number of hydrogen-bond donors (Lipinski definition) is 1. The molecule has 0 bridgehead atoms. The Hall–Kier alpha value is -2.51. The third kappa shape index (κ3) is 3.07. The first-order chi connectivity index (χ1) is 13.0. The summed E-state index contributed by atoms with van der Waals surface area (Å²) in [6.07, 6.45) is 1.51. The van der Waals surface area contributed by atoms with Crippen molar-refractivity contribution in [3.63, 3.8) is 0 Å². The van der Waals surface area contributed by atoms with Crippen molar-refractivity contribution in [2.24, 2.45) is 0 Å². The lowest BCUT2D eigenvalue weighted by Gasteiger charge is -2.08. The normalized spacial score (nSPS) is 11.3. The molecule has 3 aromatic heterocycles. The molecule has 0 unspecified atom stereocenters. The standard InChI is InChI=1S/C19H16ClFN4OS/c1-9-14-16-17(27-19(14)25-10(2)15(9)20)18(24-8-23-16)22-7-11-4-5-13(26-3)12(21)6-11/h4-6,8H,7H2,1-3H3,(H,22,23,24). The van der Waals surface area contributed by atoms with Gasteiger partial charge in [-0.2, -0.15) is 0 Å². The molecule has 1 N–H and O–H groups in total. The zero-order chi connectivity index (χ0) is 19.1. The zero-order valence-electron chi connectivity index (χ0n) is 14.9. The van der Waals surface area contributed by atoms with Crippen LogP contribution in [0.5, 0.6) is 5.75 Å². The molecule has 0 radical (unpaired) electrons. The summed E-state index contributed by atoms with van der Waals surface area (Å²) in [5.41, 5.74) is 3.37. The number of halogens is 2. The molecule has 0 saturated carbocycles. The van der Waals surface area contributed by atoms with Gasteiger partial charge in [0.25, 0.3) is 0 Å². The molecular formula is C19H16ClFN4OS. The third-order valence-electron chi connectivity index (χ3n) is 4.42. The first-order valence-electron chi connectivity index (χ1n) is 8.25. The number of pyridine rings is 1. The van der Waals surface area contributed by atoms with E-state index in [4.69, 9.17) is 16.3 Å². The Bertz CT molecular complexity index is 1180. The number of benzene rings is 1. The van der Waals surface area contributed by atoms with Crippen LogP contribution in [0.1, 0.15) is 16.8 Å². The largest absolute Gasteiger partial charge is 0.494 e. The van der Waals surface area contributed by atoms with Gasteiger partial charge in [-0.3, -0.25) is 0 Å². The molecule has 5 nitrogen and oxygen atoms in total. The number of nitrogens with zero attached hydrogens (tertiary/aromatic N) is 3. The Morgan fingerprint density at radius 2 is 2.07 bits per heavy atom. The fourth-order valence-corrected chi connectivity index (χ4v) is 4.37. The maximum Gasteiger partial charge on any atom is 0.165 e. The number of thiophene rings is 1. The highest BCUT2D eigenvalue weighted by atomic mass is 35.5. The maximum absolute atomic E-state index is 13.9. The molecule has 0 saturated heterocycles. The van der Waals surface area contributed by atoms with E-state index in [1.54, 1.807) is 6.07 Å². The van der Waals surface area contributed by atoms with Crippen LogP contribution in [0.4, 0.5) is 10.2 Å². The SMILES string of the molecule is COc1ccc(CNc2ncnc3c2sc2nc(C)c(Cl)c(C)c23)cc1F. The summed E-state index contributed by atoms with van der Waals surface area (Å²) in [4.78, 5) is 14.3. The molecule has 4 aromatic rings. The lowest BCUT2D eigenvalue weighted by Crippen LogP contribution is -2.02. The first-order valence-corrected chi connectivity index (χ1v) is 9.45. The van der Waals surface area contributed by atoms with Crippen molar-refractivity contribution < 1.29 is 9.13 Å². The minimum absolute atomic E-state index is 0.224. The molecule has 1 aromatic carbocycles. The van der Waals surface area contributed by atoms with Crippen molar-refractivity contribution >= 4 is 49.2 Å². The van der Waals surface area contributed by atoms with Crippen molar-refractivity contribution in [2.45, 2.75) is 20.4 Å². The van der Waals surface area contributed by atoms with Crippen LogP contribution in [0.25, 0.3) is 20.4 Å². The summed E-state index contributed by atoms with van der Waals surface area (Å²) in [6, 6.07) is 4.87. The fourth-order valence-electron chi connectivity index (χ4n) is 3.03. The van der Waals surface area contributed by atoms with Gasteiger partial charge in [-0.05, 0) is 37.1 Å². The molecular weight excluding hydrogens is 387 g/mol. The van der Waals surface area contributed by atoms with E-state index in [-0.39, 0.29) is 5.75 Å². The summed E-state index contributed by atoms with van der Waals surface area (Å²) in [7, 11) is 1.44. The van der Waals surface area contributed by atoms with Gasteiger partial charge in [0, 0.05) is 11.9 Å². The number of fused-ring (bicyclic) bond motifs is 3. The molecule has 0 aliphatic carbocycles. The summed E-state index contributed by atoms with van der Waals surface area (Å²) < 4.78 is 19.7. The summed E-state index contributed by atoms with van der Waals surface area (Å²) in [6.45, 7) is 4.29. The molecule has 27 heavy (non-hydrogen) atoms. The van der Waals surface area contributed by atoms with Gasteiger partial charge < -0.3 is 10.1 Å². The highest BCUT2D eigenvalue weighted by molar-refractivity contribution is 7.26. The van der Waals surface area contributed by atoms with Gasteiger partial charge in [0.15, 0.2) is 11.6 Å². The van der Waals surface area contributed by atoms with Gasteiger partial charge in [0.05, 0.1) is 28.0 Å². The van der Waals surface area contributed by atoms with Crippen molar-refractivity contribution in [1.82, 2.24) is 15.0 Å². The Labute approximate surface area is 164 Å². The molecule has 3 heterocycles. The lowest BCUT2D eigenvalue weighted by atomic mass is 10.1. The Morgan fingerprint density at radius 1 is 1.26 bits per heavy atom. The van der Waals surface area contributed by atoms with Gasteiger partial charge >= 0.3 is 0 Å². The second-order valence-electron chi connectivity index (χ2n) is 6.14. The molecule has 4 rings (SSSR count). The summed E-state index contributed by atoms with van der Waals surface area (Å²) >= 11 is 7.89. The quantitative estimate of drug-likeness (QED) is 0.504. The number of ether oxygens (including phenoxy) is 1. The summed E-state index contributed by atoms with van der Waals surface area (Å²) in [5, 5.41) is 4.88. The monoisotopic (exact) mass is 402 g/mol. The van der Waals surface area contributed by atoms with E-state index in [0.29, 0.717) is 17.4 Å². The van der Waals surface area contributed by atoms with Crippen LogP contribution >= 0.6 is 22.9 Å². The average Bonchev–Trinajstić information content (AvgIpc) is 3.03. The Balaban J connectivity index is 1.73. The number of rotatable bonds is 4. The molecule has 138 valence electrons. The molecule has 0 aliphatic heterocycles. The predicted molar refractivity (Wildman–Crippen MR) is 107 cm³/mol. The Kier molecular flexibility index (Phi) is 4.57. The number of anilines is 1. The average molecular weight is 403 g/mol. The highest BCUT2D eigenvalue weighted by Gasteiger charge is 2.17. The van der Waals surface area contributed by atoms with Crippen LogP contribution in [-0.2, 0) is 6.54 Å². The van der Waals surface area contributed by atoms with Crippen LogP contribution < -0.4 is 10.1 Å². The van der Waals surface area contributed by atoms with Crippen LogP contribution in [0, 0.1) is 19.7 Å². The van der Waals surface area contributed by atoms with E-state index in [1.807, 2.05) is 19.9 Å². The van der Waals surface area contributed by atoms with E-state index in [9.17, 15) is 4.39 Å². The van der Waals surface area contributed by atoms with Gasteiger partial charge in [0.1, 0.15) is 17.0 Å². The predicted octanol–water partition coefficient (Wildman–Crippen LogP) is 5.27. The fraction of sp³-hybridized carbons (Fsp3) is 0.211. The minimum atomic E-state index is -0.392. The molecule has 8 heteroatoms. The molecule has 0 amide bonds. The first kappa shape index (κ1) is 17.9. The van der Waals surface area contributed by atoms with Crippen molar-refractivity contribution in [3.8, 4) is 5.75 Å². The van der Waals surface area contributed by atoms with Crippen LogP contribution in [0.15, 0.2) is 24.5 Å². The number of methoxy groups -OCH3 is 1. The number of nitrogens with one attached hydrogen (secondary N) is 1. The van der Waals surface area contributed by atoms with Gasteiger partial charge in [-0.15, -0.1) is 11.3 Å². The van der Waals surface area contributed by atoms with E-state index < -0.39 is 5.82 Å². The van der Waals surface area contributed by atoms with Crippen molar-refractivity contribution in [3.05, 3.63) is 52.2 Å². The minimum Gasteiger partial charge on any atom is -0.494 e. The van der Waals surface area contributed by atoms with Crippen LogP contribution in [0.2, 0.25) is 5.02 Å². The van der Waals surface area contributed by atoms with Gasteiger partial charge in [-0.1, -0.05) is 17.7 Å². The molecule has 0 atom stereocenters. The number of aryl methyl sites for hydroxylation is 2. The van der Waals surface area contributed by atoms with E-state index in [1.165, 1.54) is 30.8 Å². The maximum atomic E-state index is 13.9. The molecule has 0 aliphatic rings. The smallest absolute Gasteiger partial charge is 0.165 e.